The maximum Gasteiger partial charge on any atom is 0.159 e. The van der Waals surface area contributed by atoms with Gasteiger partial charge in [0.25, 0.3) is 0 Å². The molecule has 0 saturated carbocycles. The second-order valence-electron chi connectivity index (χ2n) is 5.66. The van der Waals surface area contributed by atoms with Crippen molar-refractivity contribution < 1.29 is 5.11 Å². The molecule has 2 rings (SSSR count). The largest absolute Gasteiger partial charge is 0.395 e. The van der Waals surface area contributed by atoms with Crippen molar-refractivity contribution in [3.05, 3.63) is 36.2 Å². The Bertz CT molecular complexity index is 627. The molecule has 0 bridgehead atoms. The number of aliphatic hydroxyl groups is 1. The molecule has 1 aromatic carbocycles. The average molecular weight is 315 g/mol. The van der Waals surface area contributed by atoms with Crippen LogP contribution in [0.25, 0.3) is 0 Å². The molecule has 6 nitrogen and oxygen atoms in total. The number of nitrogen functional groups attached to an aromatic ring is 1. The highest BCUT2D eigenvalue weighted by Crippen LogP contribution is 2.28. The molecular formula is C17H25N5O. The summed E-state index contributed by atoms with van der Waals surface area (Å²) in [5.41, 5.74) is 8.90. The SMILES string of the molecule is CCN(CCO)c1ncnc(Nc2ccc(C(C)C)cc2)c1N. The number of likely N-dealkylation sites (N-methyl/N-ethyl adjacent to an activating group) is 1. The average Bonchev–Trinajstić information content (AvgIpc) is 2.55. The number of hydrogen-bond acceptors (Lipinski definition) is 6. The molecular weight excluding hydrogens is 290 g/mol. The van der Waals surface area contributed by atoms with Gasteiger partial charge >= 0.3 is 0 Å². The fourth-order valence-electron chi connectivity index (χ4n) is 2.36. The lowest BCUT2D eigenvalue weighted by molar-refractivity contribution is 0.302. The van der Waals surface area contributed by atoms with Gasteiger partial charge in [0.1, 0.15) is 12.0 Å². The standard InChI is InChI=1S/C17H25N5O/c1-4-22(9-10-23)17-15(18)16(19-11-20-17)21-14-7-5-13(6-8-14)12(2)3/h5-8,11-12,23H,4,9-10,18H2,1-3H3,(H,19,20,21). The van der Waals surface area contributed by atoms with Crippen molar-refractivity contribution in [3.8, 4) is 0 Å². The third-order valence-electron chi connectivity index (χ3n) is 3.75. The Kier molecular flexibility index (Phi) is 5.76. The number of aromatic nitrogens is 2. The van der Waals surface area contributed by atoms with Crippen LogP contribution in [-0.2, 0) is 0 Å². The van der Waals surface area contributed by atoms with Gasteiger partial charge in [0.05, 0.1) is 6.61 Å². The molecule has 0 aliphatic heterocycles. The van der Waals surface area contributed by atoms with E-state index in [-0.39, 0.29) is 6.61 Å². The zero-order valence-corrected chi connectivity index (χ0v) is 14.0. The van der Waals surface area contributed by atoms with Crippen LogP contribution in [0.2, 0.25) is 0 Å². The van der Waals surface area contributed by atoms with E-state index in [1.807, 2.05) is 24.0 Å². The summed E-state index contributed by atoms with van der Waals surface area (Å²) >= 11 is 0. The van der Waals surface area contributed by atoms with Gasteiger partial charge in [0.2, 0.25) is 0 Å². The van der Waals surface area contributed by atoms with Gasteiger partial charge in [-0.2, -0.15) is 0 Å². The van der Waals surface area contributed by atoms with Gasteiger partial charge in [-0.25, -0.2) is 9.97 Å². The highest BCUT2D eigenvalue weighted by atomic mass is 16.3. The molecule has 0 fully saturated rings. The molecule has 0 saturated heterocycles. The van der Waals surface area contributed by atoms with Crippen LogP contribution in [0.15, 0.2) is 30.6 Å². The molecule has 0 aliphatic carbocycles. The van der Waals surface area contributed by atoms with Gasteiger partial charge in [0, 0.05) is 18.8 Å². The van der Waals surface area contributed by atoms with Crippen LogP contribution in [0, 0.1) is 0 Å². The normalized spacial score (nSPS) is 10.8. The van der Waals surface area contributed by atoms with Crippen LogP contribution >= 0.6 is 0 Å². The van der Waals surface area contributed by atoms with E-state index in [1.54, 1.807) is 0 Å². The quantitative estimate of drug-likeness (QED) is 0.728. The van der Waals surface area contributed by atoms with Crippen LogP contribution in [0.4, 0.5) is 23.0 Å². The monoisotopic (exact) mass is 315 g/mol. The summed E-state index contributed by atoms with van der Waals surface area (Å²) < 4.78 is 0. The molecule has 124 valence electrons. The Morgan fingerprint density at radius 2 is 1.91 bits per heavy atom. The summed E-state index contributed by atoms with van der Waals surface area (Å²) in [6.45, 7) is 7.57. The van der Waals surface area contributed by atoms with Crippen molar-refractivity contribution >= 4 is 23.0 Å². The maximum atomic E-state index is 9.15. The van der Waals surface area contributed by atoms with E-state index >= 15 is 0 Å². The summed E-state index contributed by atoms with van der Waals surface area (Å²) in [5.74, 6) is 1.71. The highest BCUT2D eigenvalue weighted by molar-refractivity contribution is 5.78. The van der Waals surface area contributed by atoms with E-state index in [0.717, 1.165) is 5.69 Å². The minimum absolute atomic E-state index is 0.0523. The molecule has 0 unspecified atom stereocenters. The highest BCUT2D eigenvalue weighted by Gasteiger charge is 2.13. The van der Waals surface area contributed by atoms with Gasteiger partial charge in [-0.15, -0.1) is 0 Å². The summed E-state index contributed by atoms with van der Waals surface area (Å²) in [5, 5.41) is 12.4. The number of anilines is 4. The van der Waals surface area contributed by atoms with E-state index in [9.17, 15) is 0 Å². The van der Waals surface area contributed by atoms with Crippen molar-refractivity contribution in [1.82, 2.24) is 9.97 Å². The number of aliphatic hydroxyl groups excluding tert-OH is 1. The van der Waals surface area contributed by atoms with Gasteiger partial charge in [-0.1, -0.05) is 26.0 Å². The lowest BCUT2D eigenvalue weighted by Crippen LogP contribution is -2.28. The van der Waals surface area contributed by atoms with Crippen LogP contribution in [-0.4, -0.2) is 34.8 Å². The van der Waals surface area contributed by atoms with E-state index in [2.05, 4.69) is 41.3 Å². The fourth-order valence-corrected chi connectivity index (χ4v) is 2.36. The number of rotatable bonds is 7. The maximum absolute atomic E-state index is 9.15. The molecule has 1 heterocycles. The minimum atomic E-state index is 0.0523. The van der Waals surface area contributed by atoms with Crippen LogP contribution in [0.1, 0.15) is 32.3 Å². The summed E-state index contributed by atoms with van der Waals surface area (Å²) in [4.78, 5) is 10.4. The molecule has 0 spiro atoms. The van der Waals surface area contributed by atoms with Gasteiger partial charge < -0.3 is 21.1 Å². The second kappa shape index (κ2) is 7.78. The lowest BCUT2D eigenvalue weighted by atomic mass is 10.0. The molecule has 23 heavy (non-hydrogen) atoms. The first-order valence-electron chi connectivity index (χ1n) is 7.90. The van der Waals surface area contributed by atoms with Crippen molar-refractivity contribution in [2.24, 2.45) is 0 Å². The Hall–Kier alpha value is -2.34. The van der Waals surface area contributed by atoms with Crippen molar-refractivity contribution in [2.45, 2.75) is 26.7 Å². The van der Waals surface area contributed by atoms with E-state index < -0.39 is 0 Å². The van der Waals surface area contributed by atoms with E-state index in [1.165, 1.54) is 11.9 Å². The molecule has 0 aliphatic rings. The van der Waals surface area contributed by atoms with Crippen LogP contribution in [0.5, 0.6) is 0 Å². The predicted molar refractivity (Wildman–Crippen MR) is 95.2 cm³/mol. The molecule has 0 radical (unpaired) electrons. The first-order chi connectivity index (χ1) is 11.1. The minimum Gasteiger partial charge on any atom is -0.395 e. The number of nitrogens with two attached hydrogens (primary N) is 1. The van der Waals surface area contributed by atoms with Crippen LogP contribution < -0.4 is 16.0 Å². The van der Waals surface area contributed by atoms with Crippen molar-refractivity contribution in [2.75, 3.05) is 35.6 Å². The first kappa shape index (κ1) is 17.0. The Balaban J connectivity index is 2.23. The Labute approximate surface area is 137 Å². The Morgan fingerprint density at radius 3 is 2.48 bits per heavy atom. The lowest BCUT2D eigenvalue weighted by Gasteiger charge is -2.23. The van der Waals surface area contributed by atoms with Crippen molar-refractivity contribution in [3.63, 3.8) is 0 Å². The molecule has 6 heteroatoms. The summed E-state index contributed by atoms with van der Waals surface area (Å²) in [6.07, 6.45) is 1.48. The molecule has 2 aromatic rings. The number of nitrogens with one attached hydrogen (secondary N) is 1. The van der Waals surface area contributed by atoms with E-state index in [4.69, 9.17) is 10.8 Å². The second-order valence-corrected chi connectivity index (χ2v) is 5.66. The zero-order valence-electron chi connectivity index (χ0n) is 14.0. The van der Waals surface area contributed by atoms with Gasteiger partial charge in [-0.3, -0.25) is 0 Å². The van der Waals surface area contributed by atoms with E-state index in [0.29, 0.717) is 36.3 Å². The molecule has 0 atom stereocenters. The molecule has 4 N–H and O–H groups in total. The third-order valence-corrected chi connectivity index (χ3v) is 3.75. The first-order valence-corrected chi connectivity index (χ1v) is 7.90. The number of nitrogens with zero attached hydrogens (tertiary/aromatic N) is 3. The number of hydrogen-bond donors (Lipinski definition) is 3. The van der Waals surface area contributed by atoms with Gasteiger partial charge in [0.15, 0.2) is 11.6 Å². The summed E-state index contributed by atoms with van der Waals surface area (Å²) in [6, 6.07) is 8.22. The van der Waals surface area contributed by atoms with Crippen LogP contribution in [0.3, 0.4) is 0 Å². The fraction of sp³-hybridized carbons (Fsp3) is 0.412. The molecule has 0 amide bonds. The predicted octanol–water partition coefficient (Wildman–Crippen LogP) is 2.74. The van der Waals surface area contributed by atoms with Crippen molar-refractivity contribution in [1.29, 1.82) is 0 Å². The zero-order chi connectivity index (χ0) is 16.8. The Morgan fingerprint density at radius 1 is 1.22 bits per heavy atom. The summed E-state index contributed by atoms with van der Waals surface area (Å²) in [7, 11) is 0. The smallest absolute Gasteiger partial charge is 0.159 e. The molecule has 1 aromatic heterocycles. The topological polar surface area (TPSA) is 87.3 Å². The third kappa shape index (κ3) is 4.10. The van der Waals surface area contributed by atoms with Gasteiger partial charge in [-0.05, 0) is 30.5 Å². The number of benzene rings is 1.